The molecule has 15 heavy (non-hydrogen) atoms. The Labute approximate surface area is 86.2 Å². The largest absolute Gasteiger partial charge is 0.443 e. The van der Waals surface area contributed by atoms with Gasteiger partial charge in [-0.25, -0.2) is 10.0 Å². The van der Waals surface area contributed by atoms with Crippen molar-refractivity contribution in [2.45, 2.75) is 0 Å². The van der Waals surface area contributed by atoms with E-state index in [4.69, 9.17) is 9.25 Å². The van der Waals surface area contributed by atoms with Crippen molar-refractivity contribution in [3.8, 4) is 0 Å². The van der Waals surface area contributed by atoms with Gasteiger partial charge in [0.05, 0.1) is 7.11 Å². The molecule has 0 radical (unpaired) electrons. The lowest BCUT2D eigenvalue weighted by Gasteiger charge is -2.12. The third-order valence-corrected chi connectivity index (χ3v) is 2.14. The zero-order valence-corrected chi connectivity index (χ0v) is 8.43. The van der Waals surface area contributed by atoms with Gasteiger partial charge >= 0.3 is 0 Å². The maximum Gasteiger partial charge on any atom is 0.277 e. The van der Waals surface area contributed by atoms with E-state index in [9.17, 15) is 4.79 Å². The van der Waals surface area contributed by atoms with Crippen molar-refractivity contribution in [3.05, 3.63) is 30.2 Å². The molecule has 1 amide bonds. The Kier molecular flexibility index (Phi) is 2.39. The summed E-state index contributed by atoms with van der Waals surface area (Å²) in [5.74, 6) is -0.226. The molecule has 1 aromatic heterocycles. The maximum atomic E-state index is 11.7. The minimum absolute atomic E-state index is 0.226. The van der Waals surface area contributed by atoms with Crippen molar-refractivity contribution in [1.29, 1.82) is 0 Å². The van der Waals surface area contributed by atoms with Gasteiger partial charge in [0.1, 0.15) is 5.52 Å². The molecule has 2 rings (SSSR count). The number of nitrogens with zero attached hydrogens (tertiary/aromatic N) is 2. The van der Waals surface area contributed by atoms with E-state index in [1.54, 1.807) is 25.2 Å². The second-order valence-corrected chi connectivity index (χ2v) is 3.02. The Hall–Kier alpha value is -1.88. The molecule has 1 heterocycles. The van der Waals surface area contributed by atoms with Gasteiger partial charge in [0, 0.05) is 12.6 Å². The standard InChI is InChI=1S/C10H10N2O3/c1-12(14-2)10(13)7-3-4-8-9(5-7)15-6-11-8/h3-6H,1-2H3. The Balaban J connectivity index is 2.39. The van der Waals surface area contributed by atoms with E-state index in [1.165, 1.54) is 13.5 Å². The van der Waals surface area contributed by atoms with Crippen molar-refractivity contribution in [3.63, 3.8) is 0 Å². The van der Waals surface area contributed by atoms with Gasteiger partial charge in [0.15, 0.2) is 12.0 Å². The average molecular weight is 206 g/mol. The van der Waals surface area contributed by atoms with E-state index in [0.29, 0.717) is 11.1 Å². The highest BCUT2D eigenvalue weighted by Crippen LogP contribution is 2.15. The first kappa shape index (κ1) is 9.67. The number of fused-ring (bicyclic) bond motifs is 1. The molecule has 0 aliphatic rings. The van der Waals surface area contributed by atoms with Gasteiger partial charge in [-0.1, -0.05) is 0 Å². The second-order valence-electron chi connectivity index (χ2n) is 3.02. The number of hydroxylamine groups is 2. The van der Waals surface area contributed by atoms with Gasteiger partial charge in [0.2, 0.25) is 0 Å². The lowest BCUT2D eigenvalue weighted by Crippen LogP contribution is -2.25. The molecule has 0 aliphatic carbocycles. The van der Waals surface area contributed by atoms with Gasteiger partial charge in [-0.2, -0.15) is 0 Å². The zero-order valence-electron chi connectivity index (χ0n) is 8.43. The first-order chi connectivity index (χ1) is 7.22. The van der Waals surface area contributed by atoms with Crippen LogP contribution >= 0.6 is 0 Å². The number of benzene rings is 1. The Morgan fingerprint density at radius 1 is 1.53 bits per heavy atom. The van der Waals surface area contributed by atoms with E-state index in [0.717, 1.165) is 10.6 Å². The maximum absolute atomic E-state index is 11.7. The number of rotatable bonds is 2. The van der Waals surface area contributed by atoms with E-state index >= 15 is 0 Å². The third-order valence-electron chi connectivity index (χ3n) is 2.14. The lowest BCUT2D eigenvalue weighted by molar-refractivity contribution is -0.0756. The van der Waals surface area contributed by atoms with E-state index < -0.39 is 0 Å². The van der Waals surface area contributed by atoms with Gasteiger partial charge in [-0.3, -0.25) is 9.63 Å². The predicted octanol–water partition coefficient (Wildman–Crippen LogP) is 1.46. The molecule has 0 saturated carbocycles. The molecule has 1 aromatic carbocycles. The van der Waals surface area contributed by atoms with E-state index in [1.807, 2.05) is 0 Å². The van der Waals surface area contributed by atoms with Crippen LogP contribution in [0.15, 0.2) is 29.0 Å². The molecule has 78 valence electrons. The molecule has 5 heteroatoms. The van der Waals surface area contributed by atoms with Crippen molar-refractivity contribution in [1.82, 2.24) is 10.0 Å². The summed E-state index contributed by atoms with van der Waals surface area (Å²) in [6.07, 6.45) is 1.35. The molecule has 0 atom stereocenters. The molecule has 0 aliphatic heterocycles. The monoisotopic (exact) mass is 206 g/mol. The number of carbonyl (C=O) groups is 1. The lowest BCUT2D eigenvalue weighted by atomic mass is 10.2. The summed E-state index contributed by atoms with van der Waals surface area (Å²) in [5.41, 5.74) is 1.82. The first-order valence-electron chi connectivity index (χ1n) is 4.38. The highest BCUT2D eigenvalue weighted by atomic mass is 16.7. The first-order valence-corrected chi connectivity index (χ1v) is 4.38. The summed E-state index contributed by atoms with van der Waals surface area (Å²) in [7, 11) is 2.98. The fraction of sp³-hybridized carbons (Fsp3) is 0.200. The number of amides is 1. The van der Waals surface area contributed by atoms with Crippen LogP contribution in [0.4, 0.5) is 0 Å². The summed E-state index contributed by atoms with van der Waals surface area (Å²) in [4.78, 5) is 20.4. The van der Waals surface area contributed by atoms with Crippen molar-refractivity contribution >= 4 is 17.0 Å². The number of hydrogen-bond acceptors (Lipinski definition) is 4. The topological polar surface area (TPSA) is 55.6 Å². The molecular weight excluding hydrogens is 196 g/mol. The minimum atomic E-state index is -0.226. The van der Waals surface area contributed by atoms with Crippen LogP contribution < -0.4 is 0 Å². The van der Waals surface area contributed by atoms with E-state index in [2.05, 4.69) is 4.98 Å². The van der Waals surface area contributed by atoms with Gasteiger partial charge in [-0.15, -0.1) is 0 Å². The van der Waals surface area contributed by atoms with Crippen LogP contribution in [-0.4, -0.2) is 30.1 Å². The summed E-state index contributed by atoms with van der Waals surface area (Å²) >= 11 is 0. The summed E-state index contributed by atoms with van der Waals surface area (Å²) in [5, 5.41) is 1.15. The number of hydrogen-bond donors (Lipinski definition) is 0. The summed E-state index contributed by atoms with van der Waals surface area (Å²) in [6, 6.07) is 5.05. The van der Waals surface area contributed by atoms with Gasteiger partial charge in [-0.05, 0) is 18.2 Å². The quantitative estimate of drug-likeness (QED) is 0.698. The Morgan fingerprint density at radius 2 is 2.33 bits per heavy atom. The van der Waals surface area contributed by atoms with Gasteiger partial charge in [0.25, 0.3) is 5.91 Å². The second kappa shape index (κ2) is 3.70. The van der Waals surface area contributed by atoms with Crippen molar-refractivity contribution < 1.29 is 14.0 Å². The van der Waals surface area contributed by atoms with Crippen LogP contribution in [0.5, 0.6) is 0 Å². The molecule has 0 fully saturated rings. The van der Waals surface area contributed by atoms with E-state index in [-0.39, 0.29) is 5.91 Å². The molecule has 0 N–H and O–H groups in total. The van der Waals surface area contributed by atoms with Crippen LogP contribution in [0, 0.1) is 0 Å². The number of carbonyl (C=O) groups excluding carboxylic acids is 1. The highest BCUT2D eigenvalue weighted by Gasteiger charge is 2.12. The van der Waals surface area contributed by atoms with Gasteiger partial charge < -0.3 is 4.42 Å². The summed E-state index contributed by atoms with van der Waals surface area (Å²) in [6.45, 7) is 0. The van der Waals surface area contributed by atoms with Crippen LogP contribution in [0.25, 0.3) is 11.1 Å². The third kappa shape index (κ3) is 1.69. The van der Waals surface area contributed by atoms with Crippen molar-refractivity contribution in [2.24, 2.45) is 0 Å². The Morgan fingerprint density at radius 3 is 3.07 bits per heavy atom. The SMILES string of the molecule is CON(C)C(=O)c1ccc2ncoc2c1. The molecule has 0 spiro atoms. The molecule has 5 nitrogen and oxygen atoms in total. The Bertz CT molecular complexity index is 492. The number of aromatic nitrogens is 1. The number of oxazole rings is 1. The molecule has 0 saturated heterocycles. The van der Waals surface area contributed by atoms with Crippen molar-refractivity contribution in [2.75, 3.05) is 14.2 Å². The van der Waals surface area contributed by atoms with Crippen LogP contribution in [0.2, 0.25) is 0 Å². The van der Waals surface area contributed by atoms with Crippen LogP contribution in [0.1, 0.15) is 10.4 Å². The smallest absolute Gasteiger partial charge is 0.277 e. The fourth-order valence-electron chi connectivity index (χ4n) is 1.25. The summed E-state index contributed by atoms with van der Waals surface area (Å²) < 4.78 is 5.10. The highest BCUT2D eigenvalue weighted by molar-refractivity contribution is 5.96. The predicted molar refractivity (Wildman–Crippen MR) is 53.1 cm³/mol. The minimum Gasteiger partial charge on any atom is -0.443 e. The normalized spacial score (nSPS) is 10.5. The molecule has 0 bridgehead atoms. The van der Waals surface area contributed by atoms with Crippen LogP contribution in [0.3, 0.4) is 0 Å². The molecule has 0 unspecified atom stereocenters. The molecular formula is C10H10N2O3. The average Bonchev–Trinajstić information content (AvgIpc) is 2.73. The van der Waals surface area contributed by atoms with Crippen LogP contribution in [-0.2, 0) is 4.84 Å². The zero-order chi connectivity index (χ0) is 10.8. The molecule has 2 aromatic rings. The fourth-order valence-corrected chi connectivity index (χ4v) is 1.25.